The number of aryl methyl sites for hydroxylation is 2. The fourth-order valence-electron chi connectivity index (χ4n) is 2.13. The first-order valence-corrected chi connectivity index (χ1v) is 7.62. The molecule has 0 fully saturated rings. The fourth-order valence-corrected chi connectivity index (χ4v) is 3.35. The predicted molar refractivity (Wildman–Crippen MR) is 81.4 cm³/mol. The normalized spacial score (nSPS) is 10.9. The average Bonchev–Trinajstić information content (AvgIpc) is 2.80. The smallest absolute Gasteiger partial charge is 0.308 e. The minimum atomic E-state index is -0.787. The molecule has 0 spiro atoms. The van der Waals surface area contributed by atoms with Crippen molar-refractivity contribution in [2.24, 2.45) is 0 Å². The van der Waals surface area contributed by atoms with Gasteiger partial charge in [-0.15, -0.1) is 11.3 Å². The number of hydrogen-bond acceptors (Lipinski definition) is 3. The molecule has 2 aromatic rings. The van der Waals surface area contributed by atoms with Gasteiger partial charge in [0.15, 0.2) is 0 Å². The van der Waals surface area contributed by atoms with Crippen LogP contribution in [-0.4, -0.2) is 16.1 Å². The summed E-state index contributed by atoms with van der Waals surface area (Å²) in [6, 6.07) is 10.3. The largest absolute Gasteiger partial charge is 0.481 e. The van der Waals surface area contributed by atoms with E-state index >= 15 is 0 Å². The summed E-state index contributed by atoms with van der Waals surface area (Å²) >= 11 is 1.54. The molecular formula is C16H19NO2S. The van der Waals surface area contributed by atoms with Crippen LogP contribution in [0.3, 0.4) is 0 Å². The molecule has 106 valence electrons. The molecule has 2 rings (SSSR count). The van der Waals surface area contributed by atoms with Crippen molar-refractivity contribution in [3.05, 3.63) is 51.5 Å². The third kappa shape index (κ3) is 3.90. The van der Waals surface area contributed by atoms with Gasteiger partial charge in [0.25, 0.3) is 0 Å². The topological polar surface area (TPSA) is 50.2 Å². The minimum Gasteiger partial charge on any atom is -0.481 e. The Hall–Kier alpha value is -1.68. The summed E-state index contributed by atoms with van der Waals surface area (Å²) in [6.45, 7) is 4.11. The third-order valence-corrected chi connectivity index (χ3v) is 4.23. The molecule has 0 aliphatic heterocycles. The summed E-state index contributed by atoms with van der Waals surface area (Å²) in [5.41, 5.74) is 2.23. The van der Waals surface area contributed by atoms with Gasteiger partial charge >= 0.3 is 5.97 Å². The fraction of sp³-hybridized carbons (Fsp3) is 0.375. The maximum absolute atomic E-state index is 10.9. The molecule has 20 heavy (non-hydrogen) atoms. The van der Waals surface area contributed by atoms with Gasteiger partial charge in [-0.1, -0.05) is 44.2 Å². The average molecular weight is 289 g/mol. The molecule has 4 heteroatoms. The summed E-state index contributed by atoms with van der Waals surface area (Å²) in [6.07, 6.45) is 1.89. The molecule has 1 heterocycles. The Bertz CT molecular complexity index is 575. The Balaban J connectivity index is 2.10. The SMILES string of the molecule is CC(C)c1nc(CCc2ccccc2)sc1CC(=O)O. The number of carbonyl (C=O) groups is 1. The molecule has 0 saturated heterocycles. The highest BCUT2D eigenvalue weighted by Crippen LogP contribution is 2.26. The lowest BCUT2D eigenvalue weighted by Gasteiger charge is -2.02. The van der Waals surface area contributed by atoms with Crippen LogP contribution in [0.15, 0.2) is 30.3 Å². The molecule has 0 saturated carbocycles. The number of aliphatic carboxylic acids is 1. The Kier molecular flexibility index (Phi) is 4.90. The zero-order valence-electron chi connectivity index (χ0n) is 11.8. The first-order chi connectivity index (χ1) is 9.56. The highest BCUT2D eigenvalue weighted by atomic mass is 32.1. The van der Waals surface area contributed by atoms with Gasteiger partial charge in [-0.2, -0.15) is 0 Å². The molecule has 0 aliphatic rings. The van der Waals surface area contributed by atoms with Crippen molar-refractivity contribution in [2.75, 3.05) is 0 Å². The third-order valence-electron chi connectivity index (χ3n) is 3.10. The molecule has 0 unspecified atom stereocenters. The summed E-state index contributed by atoms with van der Waals surface area (Å²) in [4.78, 5) is 16.4. The number of rotatable bonds is 6. The van der Waals surface area contributed by atoms with E-state index in [0.717, 1.165) is 28.4 Å². The van der Waals surface area contributed by atoms with Crippen molar-refractivity contribution in [3.8, 4) is 0 Å². The van der Waals surface area contributed by atoms with E-state index in [4.69, 9.17) is 5.11 Å². The van der Waals surface area contributed by atoms with Crippen LogP contribution in [0, 0.1) is 0 Å². The second-order valence-corrected chi connectivity index (χ2v) is 6.30. The number of nitrogens with zero attached hydrogens (tertiary/aromatic N) is 1. The van der Waals surface area contributed by atoms with E-state index in [1.807, 2.05) is 18.2 Å². The van der Waals surface area contributed by atoms with Crippen LogP contribution in [-0.2, 0) is 24.1 Å². The maximum Gasteiger partial charge on any atom is 0.308 e. The minimum absolute atomic E-state index is 0.0799. The van der Waals surface area contributed by atoms with E-state index in [9.17, 15) is 4.79 Å². The van der Waals surface area contributed by atoms with Crippen LogP contribution >= 0.6 is 11.3 Å². The zero-order chi connectivity index (χ0) is 14.5. The first kappa shape index (κ1) is 14.7. The number of thiazole rings is 1. The van der Waals surface area contributed by atoms with Gasteiger partial charge in [-0.05, 0) is 17.9 Å². The number of carboxylic acids is 1. The second-order valence-electron chi connectivity index (χ2n) is 5.13. The van der Waals surface area contributed by atoms with E-state index in [1.165, 1.54) is 5.56 Å². The number of aromatic nitrogens is 1. The Morgan fingerprint density at radius 3 is 2.55 bits per heavy atom. The van der Waals surface area contributed by atoms with Gasteiger partial charge in [0, 0.05) is 11.3 Å². The second kappa shape index (κ2) is 6.66. The first-order valence-electron chi connectivity index (χ1n) is 6.80. The molecule has 0 bridgehead atoms. The van der Waals surface area contributed by atoms with Crippen molar-refractivity contribution in [1.82, 2.24) is 4.98 Å². The predicted octanol–water partition coefficient (Wildman–Crippen LogP) is 3.68. The van der Waals surface area contributed by atoms with Gasteiger partial charge in [0.05, 0.1) is 17.1 Å². The maximum atomic E-state index is 10.9. The van der Waals surface area contributed by atoms with Gasteiger partial charge in [0.2, 0.25) is 0 Å². The van der Waals surface area contributed by atoms with E-state index < -0.39 is 5.97 Å². The van der Waals surface area contributed by atoms with Crippen molar-refractivity contribution < 1.29 is 9.90 Å². The summed E-state index contributed by atoms with van der Waals surface area (Å²) in [7, 11) is 0. The number of hydrogen-bond donors (Lipinski definition) is 1. The number of benzene rings is 1. The molecule has 0 atom stereocenters. The summed E-state index contributed by atoms with van der Waals surface area (Å²) in [5, 5.41) is 10.0. The van der Waals surface area contributed by atoms with Crippen LogP contribution < -0.4 is 0 Å². The molecule has 1 aromatic carbocycles. The van der Waals surface area contributed by atoms with E-state index in [1.54, 1.807) is 11.3 Å². The highest BCUT2D eigenvalue weighted by molar-refractivity contribution is 7.11. The van der Waals surface area contributed by atoms with E-state index in [0.29, 0.717) is 0 Å². The monoisotopic (exact) mass is 289 g/mol. The van der Waals surface area contributed by atoms with Crippen LogP contribution in [0.5, 0.6) is 0 Å². The van der Waals surface area contributed by atoms with Gasteiger partial charge < -0.3 is 5.11 Å². The van der Waals surface area contributed by atoms with Crippen LogP contribution in [0.4, 0.5) is 0 Å². The lowest BCUT2D eigenvalue weighted by molar-refractivity contribution is -0.136. The molecular weight excluding hydrogens is 270 g/mol. The van der Waals surface area contributed by atoms with Gasteiger partial charge in [-0.25, -0.2) is 4.98 Å². The molecule has 1 aromatic heterocycles. The standard InChI is InChI=1S/C16H19NO2S/c1-11(2)16-13(10-15(18)19)20-14(17-16)9-8-12-6-4-3-5-7-12/h3-7,11H,8-10H2,1-2H3,(H,18,19). The number of carboxylic acid groups (broad SMARTS) is 1. The molecule has 1 N–H and O–H groups in total. The zero-order valence-corrected chi connectivity index (χ0v) is 12.6. The van der Waals surface area contributed by atoms with Crippen molar-refractivity contribution in [1.29, 1.82) is 0 Å². The Morgan fingerprint density at radius 1 is 1.25 bits per heavy atom. The molecule has 0 amide bonds. The lowest BCUT2D eigenvalue weighted by Crippen LogP contribution is -2.02. The Morgan fingerprint density at radius 2 is 1.95 bits per heavy atom. The van der Waals surface area contributed by atoms with Crippen LogP contribution in [0.2, 0.25) is 0 Å². The molecule has 0 aliphatic carbocycles. The molecule has 3 nitrogen and oxygen atoms in total. The van der Waals surface area contributed by atoms with Crippen molar-refractivity contribution >= 4 is 17.3 Å². The highest BCUT2D eigenvalue weighted by Gasteiger charge is 2.16. The lowest BCUT2D eigenvalue weighted by atomic mass is 10.1. The Labute approximate surface area is 123 Å². The van der Waals surface area contributed by atoms with E-state index in [-0.39, 0.29) is 12.3 Å². The van der Waals surface area contributed by atoms with Crippen LogP contribution in [0.1, 0.15) is 40.9 Å². The summed E-state index contributed by atoms with van der Waals surface area (Å²) in [5.74, 6) is -0.517. The van der Waals surface area contributed by atoms with Crippen molar-refractivity contribution in [2.45, 2.75) is 39.0 Å². The van der Waals surface area contributed by atoms with Gasteiger partial charge in [-0.3, -0.25) is 4.79 Å². The van der Waals surface area contributed by atoms with E-state index in [2.05, 4.69) is 31.0 Å². The quantitative estimate of drug-likeness (QED) is 0.882. The van der Waals surface area contributed by atoms with Crippen molar-refractivity contribution in [3.63, 3.8) is 0 Å². The van der Waals surface area contributed by atoms with Gasteiger partial charge in [0.1, 0.15) is 0 Å². The summed E-state index contributed by atoms with van der Waals surface area (Å²) < 4.78 is 0. The molecule has 0 radical (unpaired) electrons. The van der Waals surface area contributed by atoms with Crippen LogP contribution in [0.25, 0.3) is 0 Å².